The monoisotopic (exact) mass is 582 g/mol. The van der Waals surface area contributed by atoms with Gasteiger partial charge in [0.1, 0.15) is 11.5 Å². The topological polar surface area (TPSA) is 100 Å². The van der Waals surface area contributed by atoms with Gasteiger partial charge in [0.2, 0.25) is 11.9 Å². The Kier molecular flexibility index (Phi) is 7.92. The van der Waals surface area contributed by atoms with Gasteiger partial charge in [-0.05, 0) is 74.1 Å². The Labute approximate surface area is 249 Å². The largest absolute Gasteiger partial charge is 0.351 e. The quantitative estimate of drug-likeness (QED) is 0.363. The number of benzene rings is 2. The average Bonchev–Trinajstić information content (AvgIpc) is 3.02. The predicted molar refractivity (Wildman–Crippen MR) is 163 cm³/mol. The molecular weight excluding hydrogens is 547 g/mol. The van der Waals surface area contributed by atoms with Gasteiger partial charge in [-0.1, -0.05) is 24.3 Å². The second-order valence-corrected chi connectivity index (χ2v) is 11.5. The van der Waals surface area contributed by atoms with Crippen LogP contribution >= 0.6 is 0 Å². The molecule has 43 heavy (non-hydrogen) atoms. The number of pyridine rings is 1. The number of aryl methyl sites for hydroxylation is 1. The first-order chi connectivity index (χ1) is 20.8. The maximum absolute atomic E-state index is 14.1. The molecular formula is C33H35FN6O3. The van der Waals surface area contributed by atoms with E-state index in [9.17, 15) is 18.8 Å². The molecule has 0 saturated carbocycles. The third-order valence-corrected chi connectivity index (χ3v) is 8.69. The highest BCUT2D eigenvalue weighted by Gasteiger charge is 2.27. The van der Waals surface area contributed by atoms with Crippen LogP contribution in [0.15, 0.2) is 65.6 Å². The molecule has 2 aromatic heterocycles. The molecule has 9 nitrogen and oxygen atoms in total. The second-order valence-electron chi connectivity index (χ2n) is 11.5. The second kappa shape index (κ2) is 11.9. The maximum atomic E-state index is 14.1. The lowest BCUT2D eigenvalue weighted by atomic mass is 9.99. The third kappa shape index (κ3) is 5.86. The average molecular weight is 583 g/mol. The van der Waals surface area contributed by atoms with Crippen LogP contribution in [-0.4, -0.2) is 68.4 Å². The number of piperidine rings is 2. The van der Waals surface area contributed by atoms with E-state index in [1.807, 2.05) is 46.7 Å². The zero-order valence-electron chi connectivity index (χ0n) is 24.4. The number of likely N-dealkylation sites (tertiary alicyclic amines) is 2. The Morgan fingerprint density at radius 3 is 2.26 bits per heavy atom. The molecule has 0 aliphatic carbocycles. The molecule has 0 atom stereocenters. The number of fused-ring (bicyclic) bond motifs is 1. The summed E-state index contributed by atoms with van der Waals surface area (Å²) >= 11 is 0. The van der Waals surface area contributed by atoms with Crippen molar-refractivity contribution < 1.29 is 14.0 Å². The fourth-order valence-corrected chi connectivity index (χ4v) is 6.22. The number of anilines is 1. The van der Waals surface area contributed by atoms with Crippen molar-refractivity contribution >= 4 is 28.8 Å². The number of halogens is 1. The molecule has 222 valence electrons. The molecule has 2 fully saturated rings. The first kappa shape index (κ1) is 28.5. The predicted octanol–water partition coefficient (Wildman–Crippen LogP) is 4.81. The number of hydrogen-bond donors (Lipinski definition) is 1. The van der Waals surface area contributed by atoms with Gasteiger partial charge >= 0.3 is 0 Å². The van der Waals surface area contributed by atoms with Gasteiger partial charge in [0.25, 0.3) is 11.5 Å². The molecule has 2 amide bonds. The minimum Gasteiger partial charge on any atom is -0.351 e. The summed E-state index contributed by atoms with van der Waals surface area (Å²) in [5, 5.41) is 4.20. The summed E-state index contributed by atoms with van der Waals surface area (Å²) in [5.41, 5.74) is 3.46. The molecule has 2 aliphatic heterocycles. The van der Waals surface area contributed by atoms with Gasteiger partial charge in [0.05, 0.1) is 0 Å². The van der Waals surface area contributed by atoms with Crippen LogP contribution in [0.2, 0.25) is 0 Å². The van der Waals surface area contributed by atoms with Gasteiger partial charge in [-0.2, -0.15) is 4.98 Å². The molecule has 10 heteroatoms. The molecule has 4 aromatic rings. The van der Waals surface area contributed by atoms with E-state index in [4.69, 9.17) is 4.98 Å². The summed E-state index contributed by atoms with van der Waals surface area (Å²) < 4.78 is 15.1. The van der Waals surface area contributed by atoms with Crippen molar-refractivity contribution in [3.63, 3.8) is 0 Å². The first-order valence-electron chi connectivity index (χ1n) is 14.8. The summed E-state index contributed by atoms with van der Waals surface area (Å²) in [4.78, 5) is 52.0. The summed E-state index contributed by atoms with van der Waals surface area (Å²) in [6, 6.07) is 15.3. The Bertz CT molecular complexity index is 1720. The Hall–Kier alpha value is -4.60. The lowest BCUT2D eigenvalue weighted by molar-refractivity contribution is -0.130. The molecule has 2 aromatic carbocycles. The SMILES string of the molecule is CC(=O)N1CCC(n2c(=O)c(-c3ccccc3C)cc3cnc(NC4CCN(C(=O)c5ccc(F)cc5)CC4)nc32)CC1. The number of nitrogens with zero attached hydrogens (tertiary/aromatic N) is 5. The minimum atomic E-state index is -0.367. The van der Waals surface area contributed by atoms with Crippen molar-refractivity contribution in [2.75, 3.05) is 31.5 Å². The third-order valence-electron chi connectivity index (χ3n) is 8.69. The van der Waals surface area contributed by atoms with Crippen LogP contribution in [0.1, 0.15) is 54.6 Å². The van der Waals surface area contributed by atoms with Gasteiger partial charge in [0, 0.05) is 67.9 Å². The molecule has 4 heterocycles. The fourth-order valence-electron chi connectivity index (χ4n) is 6.22. The fraction of sp³-hybridized carbons (Fsp3) is 0.364. The number of amides is 2. The van der Waals surface area contributed by atoms with Crippen molar-refractivity contribution in [2.24, 2.45) is 0 Å². The molecule has 1 N–H and O–H groups in total. The van der Waals surface area contributed by atoms with Crippen LogP contribution in [-0.2, 0) is 4.79 Å². The highest BCUT2D eigenvalue weighted by molar-refractivity contribution is 5.94. The van der Waals surface area contributed by atoms with Gasteiger partial charge in [0.15, 0.2) is 0 Å². The van der Waals surface area contributed by atoms with E-state index < -0.39 is 0 Å². The highest BCUT2D eigenvalue weighted by Crippen LogP contribution is 2.29. The van der Waals surface area contributed by atoms with Gasteiger partial charge in [-0.3, -0.25) is 19.0 Å². The van der Waals surface area contributed by atoms with Crippen molar-refractivity contribution in [3.8, 4) is 11.1 Å². The molecule has 0 unspecified atom stereocenters. The number of carbonyl (C=O) groups excluding carboxylic acids is 2. The number of rotatable bonds is 5. The van der Waals surface area contributed by atoms with Crippen molar-refractivity contribution in [2.45, 2.75) is 51.6 Å². The Morgan fingerprint density at radius 1 is 0.907 bits per heavy atom. The van der Waals surface area contributed by atoms with E-state index in [-0.39, 0.29) is 35.3 Å². The van der Waals surface area contributed by atoms with Crippen LogP contribution in [0.3, 0.4) is 0 Å². The van der Waals surface area contributed by atoms with E-state index in [1.54, 1.807) is 18.0 Å². The van der Waals surface area contributed by atoms with Crippen molar-refractivity contribution in [1.82, 2.24) is 24.3 Å². The first-order valence-corrected chi connectivity index (χ1v) is 14.8. The van der Waals surface area contributed by atoms with Gasteiger partial charge in [-0.15, -0.1) is 0 Å². The lowest BCUT2D eigenvalue weighted by Gasteiger charge is -2.33. The minimum absolute atomic E-state index is 0.0449. The van der Waals surface area contributed by atoms with E-state index in [2.05, 4.69) is 10.3 Å². The zero-order valence-corrected chi connectivity index (χ0v) is 24.4. The van der Waals surface area contributed by atoms with Crippen molar-refractivity contribution in [1.29, 1.82) is 0 Å². The van der Waals surface area contributed by atoms with Crippen LogP contribution in [0.4, 0.5) is 10.3 Å². The number of carbonyl (C=O) groups is 2. The molecule has 2 aliphatic rings. The summed E-state index contributed by atoms with van der Waals surface area (Å²) in [5.74, 6) is 0.00945. The van der Waals surface area contributed by atoms with E-state index in [1.165, 1.54) is 24.3 Å². The van der Waals surface area contributed by atoms with Gasteiger partial charge in [-0.25, -0.2) is 9.37 Å². The summed E-state index contributed by atoms with van der Waals surface area (Å²) in [6.07, 6.45) is 4.51. The van der Waals surface area contributed by atoms with Crippen LogP contribution in [0.5, 0.6) is 0 Å². The van der Waals surface area contributed by atoms with Crippen LogP contribution in [0.25, 0.3) is 22.2 Å². The van der Waals surface area contributed by atoms with Crippen LogP contribution < -0.4 is 10.9 Å². The Balaban J connectivity index is 1.27. The van der Waals surface area contributed by atoms with E-state index in [0.29, 0.717) is 74.6 Å². The molecule has 0 bridgehead atoms. The lowest BCUT2D eigenvalue weighted by Crippen LogP contribution is -2.42. The normalized spacial score (nSPS) is 16.4. The Morgan fingerprint density at radius 2 is 1.58 bits per heavy atom. The standard InChI is InChI=1S/C33H35FN6O3/c1-21-5-3-4-6-28(21)29-19-24-20-35-33(37-30(24)40(32(29)43)27-13-17-38(18-14-27)22(2)41)36-26-11-15-39(16-12-26)31(42)23-7-9-25(34)10-8-23/h3-10,19-20,26-27H,11-18H2,1-2H3,(H,35,36,37). The maximum Gasteiger partial charge on any atom is 0.260 e. The van der Waals surface area contributed by atoms with E-state index >= 15 is 0 Å². The molecule has 0 spiro atoms. The zero-order chi connectivity index (χ0) is 30.1. The smallest absolute Gasteiger partial charge is 0.260 e. The van der Waals surface area contributed by atoms with Crippen LogP contribution in [0, 0.1) is 12.7 Å². The summed E-state index contributed by atoms with van der Waals surface area (Å²) in [6.45, 7) is 5.87. The molecule has 6 rings (SSSR count). The number of aromatic nitrogens is 3. The summed E-state index contributed by atoms with van der Waals surface area (Å²) in [7, 11) is 0. The number of nitrogens with one attached hydrogen (secondary N) is 1. The van der Waals surface area contributed by atoms with Crippen molar-refractivity contribution in [3.05, 3.63) is 88.1 Å². The molecule has 2 saturated heterocycles. The van der Waals surface area contributed by atoms with Gasteiger partial charge < -0.3 is 15.1 Å². The van der Waals surface area contributed by atoms with E-state index in [0.717, 1.165) is 16.5 Å². The molecule has 0 radical (unpaired) electrons. The highest BCUT2D eigenvalue weighted by atomic mass is 19.1. The number of hydrogen-bond acceptors (Lipinski definition) is 6.